The first kappa shape index (κ1) is 16.4. The van der Waals surface area contributed by atoms with Gasteiger partial charge in [-0.15, -0.1) is 0 Å². The summed E-state index contributed by atoms with van der Waals surface area (Å²) in [5, 5.41) is 22.1. The van der Waals surface area contributed by atoms with Crippen LogP contribution >= 0.6 is 0 Å². The summed E-state index contributed by atoms with van der Waals surface area (Å²) in [6, 6.07) is 3.14. The number of amidine groups is 1. The number of rotatable bonds is 2. The molecule has 9 nitrogen and oxygen atoms in total. The molecule has 0 radical (unpaired) electrons. The van der Waals surface area contributed by atoms with E-state index >= 15 is 0 Å². The number of aliphatic imine (C=N–C) groups is 1. The average Bonchev–Trinajstić information content (AvgIpc) is 2.54. The first-order valence-electron chi connectivity index (χ1n) is 7.14. The van der Waals surface area contributed by atoms with E-state index in [0.717, 1.165) is 18.2 Å². The van der Waals surface area contributed by atoms with E-state index in [1.165, 1.54) is 12.4 Å². The summed E-state index contributed by atoms with van der Waals surface area (Å²) in [6.45, 7) is 1.55. The lowest BCUT2D eigenvalue weighted by molar-refractivity contribution is -0.385. The Morgan fingerprint density at radius 3 is 2.80 bits per heavy atom. The predicted molar refractivity (Wildman–Crippen MR) is 83.8 cm³/mol. The smallest absolute Gasteiger partial charge is 0.410 e. The zero-order valence-electron chi connectivity index (χ0n) is 12.9. The molecule has 0 fully saturated rings. The van der Waals surface area contributed by atoms with Gasteiger partial charge in [0.05, 0.1) is 16.2 Å². The average molecular weight is 345 g/mol. The number of non-ortho nitro benzene ring substituents is 1. The van der Waals surface area contributed by atoms with Crippen molar-refractivity contribution in [3.63, 3.8) is 0 Å². The van der Waals surface area contributed by atoms with E-state index in [1.807, 2.05) is 0 Å². The molecule has 1 unspecified atom stereocenters. The van der Waals surface area contributed by atoms with E-state index in [4.69, 9.17) is 5.11 Å². The Balaban J connectivity index is 2.17. The summed E-state index contributed by atoms with van der Waals surface area (Å²) in [5.41, 5.74) is -0.937. The molecular weight excluding hydrogens is 333 g/mol. The summed E-state index contributed by atoms with van der Waals surface area (Å²) in [7, 11) is 0. The van der Waals surface area contributed by atoms with Crippen LogP contribution in [0.4, 0.5) is 14.9 Å². The molecule has 0 saturated carbocycles. The van der Waals surface area contributed by atoms with Crippen molar-refractivity contribution >= 4 is 17.6 Å². The van der Waals surface area contributed by atoms with Crippen LogP contribution in [0.3, 0.4) is 0 Å². The first-order valence-corrected chi connectivity index (χ1v) is 7.14. The minimum Gasteiger partial charge on any atom is -0.465 e. The fourth-order valence-electron chi connectivity index (χ4n) is 2.74. The topological polar surface area (TPSA) is 131 Å². The maximum atomic E-state index is 14.4. The number of benzene rings is 1. The molecule has 3 rings (SSSR count). The molecule has 2 heterocycles. The third kappa shape index (κ3) is 3.01. The second-order valence-corrected chi connectivity index (χ2v) is 5.61. The van der Waals surface area contributed by atoms with Crippen LogP contribution in [-0.2, 0) is 12.0 Å². The zero-order chi connectivity index (χ0) is 18.2. The quantitative estimate of drug-likeness (QED) is 0.632. The van der Waals surface area contributed by atoms with Crippen LogP contribution in [0.25, 0.3) is 0 Å². The van der Waals surface area contributed by atoms with Crippen LogP contribution in [-0.4, -0.2) is 31.9 Å². The van der Waals surface area contributed by atoms with Crippen LogP contribution in [0.5, 0.6) is 0 Å². The molecule has 0 saturated heterocycles. The lowest BCUT2D eigenvalue weighted by Crippen LogP contribution is -2.40. The zero-order valence-corrected chi connectivity index (χ0v) is 12.9. The summed E-state index contributed by atoms with van der Waals surface area (Å²) in [4.78, 5) is 33.9. The number of nitro benzene ring substituents is 1. The number of carboxylic acid groups (broad SMARTS) is 1. The lowest BCUT2D eigenvalue weighted by atomic mass is 9.84. The Labute approximate surface area is 140 Å². The van der Waals surface area contributed by atoms with Gasteiger partial charge in [0, 0.05) is 36.5 Å². The highest BCUT2D eigenvalue weighted by molar-refractivity contribution is 6.06. The van der Waals surface area contributed by atoms with Gasteiger partial charge in [-0.3, -0.25) is 25.4 Å². The van der Waals surface area contributed by atoms with Gasteiger partial charge >= 0.3 is 6.09 Å². The summed E-state index contributed by atoms with van der Waals surface area (Å²) in [6.07, 6.45) is 1.56. The number of carbonyl (C=O) groups is 1. The first-order chi connectivity index (χ1) is 11.8. The predicted octanol–water partition coefficient (Wildman–Crippen LogP) is 2.01. The largest absolute Gasteiger partial charge is 0.465 e. The number of nitrogens with zero attached hydrogens (tertiary/aromatic N) is 4. The second kappa shape index (κ2) is 5.89. The molecule has 1 atom stereocenters. The van der Waals surface area contributed by atoms with Gasteiger partial charge in [0.2, 0.25) is 0 Å². The third-order valence-corrected chi connectivity index (χ3v) is 3.83. The van der Waals surface area contributed by atoms with Crippen molar-refractivity contribution < 1.29 is 19.2 Å². The van der Waals surface area contributed by atoms with Crippen molar-refractivity contribution in [1.82, 2.24) is 15.3 Å². The Morgan fingerprint density at radius 1 is 1.40 bits per heavy atom. The number of aromatic nitrogens is 2. The summed E-state index contributed by atoms with van der Waals surface area (Å²) >= 11 is 0. The highest BCUT2D eigenvalue weighted by Gasteiger charge is 2.37. The van der Waals surface area contributed by atoms with Gasteiger partial charge in [-0.25, -0.2) is 14.2 Å². The molecule has 1 aromatic carbocycles. The van der Waals surface area contributed by atoms with Gasteiger partial charge in [-0.1, -0.05) is 0 Å². The van der Waals surface area contributed by atoms with Gasteiger partial charge in [-0.05, 0) is 13.0 Å². The Morgan fingerprint density at radius 2 is 2.12 bits per heavy atom. The molecule has 128 valence electrons. The second-order valence-electron chi connectivity index (χ2n) is 5.61. The van der Waals surface area contributed by atoms with E-state index in [-0.39, 0.29) is 29.2 Å². The molecule has 2 N–H and O–H groups in total. The fourth-order valence-corrected chi connectivity index (χ4v) is 2.74. The molecule has 1 aliphatic rings. The Kier molecular flexibility index (Phi) is 3.87. The van der Waals surface area contributed by atoms with Crippen molar-refractivity contribution in [3.8, 4) is 0 Å². The van der Waals surface area contributed by atoms with Crippen molar-refractivity contribution in [1.29, 1.82) is 0 Å². The molecule has 0 bridgehead atoms. The van der Waals surface area contributed by atoms with Gasteiger partial charge < -0.3 is 5.11 Å². The lowest BCUT2D eigenvalue weighted by Gasteiger charge is -2.31. The fraction of sp³-hybridized carbons (Fsp3) is 0.200. The number of amides is 1. The molecule has 25 heavy (non-hydrogen) atoms. The van der Waals surface area contributed by atoms with Crippen LogP contribution in [0.1, 0.15) is 23.9 Å². The van der Waals surface area contributed by atoms with E-state index in [0.29, 0.717) is 5.69 Å². The minimum atomic E-state index is -1.36. The van der Waals surface area contributed by atoms with E-state index in [1.54, 1.807) is 6.92 Å². The molecule has 1 amide bonds. The molecule has 10 heteroatoms. The van der Waals surface area contributed by atoms with Crippen LogP contribution in [0.15, 0.2) is 35.6 Å². The van der Waals surface area contributed by atoms with Crippen molar-refractivity contribution in [2.45, 2.75) is 18.9 Å². The van der Waals surface area contributed by atoms with Gasteiger partial charge in [0.25, 0.3) is 5.69 Å². The van der Waals surface area contributed by atoms with Crippen LogP contribution in [0, 0.1) is 15.9 Å². The number of hydrogen-bond donors (Lipinski definition) is 2. The Bertz CT molecular complexity index is 917. The summed E-state index contributed by atoms with van der Waals surface area (Å²) < 4.78 is 14.4. The van der Waals surface area contributed by atoms with Crippen molar-refractivity contribution in [2.24, 2.45) is 4.99 Å². The number of fused-ring (bicyclic) bond motifs is 1. The van der Waals surface area contributed by atoms with Gasteiger partial charge in [0.15, 0.2) is 5.84 Å². The van der Waals surface area contributed by atoms with E-state index in [2.05, 4.69) is 20.3 Å². The van der Waals surface area contributed by atoms with Crippen LogP contribution in [0.2, 0.25) is 0 Å². The molecule has 1 aliphatic heterocycles. The molecule has 0 aliphatic carbocycles. The van der Waals surface area contributed by atoms with Gasteiger partial charge in [0.1, 0.15) is 11.5 Å². The number of nitrogens with one attached hydrogen (secondary N) is 1. The summed E-state index contributed by atoms with van der Waals surface area (Å²) in [5.74, 6) is -0.769. The van der Waals surface area contributed by atoms with Gasteiger partial charge in [-0.2, -0.15) is 0 Å². The SMILES string of the molecule is CC1(c2cc([N+](=O)[O-])ccc2F)Cc2nccnc2C(NC(=O)O)=N1. The highest BCUT2D eigenvalue weighted by Crippen LogP contribution is 2.36. The van der Waals surface area contributed by atoms with Crippen molar-refractivity contribution in [2.75, 3.05) is 0 Å². The monoisotopic (exact) mass is 345 g/mol. The molecule has 0 spiro atoms. The Hall–Kier alpha value is -3.43. The van der Waals surface area contributed by atoms with E-state index < -0.39 is 22.4 Å². The standard InChI is InChI=1S/C15H12FN5O4/c1-15(9-6-8(21(24)25)2-3-10(9)16)7-11-12(18-5-4-17-11)13(20-15)19-14(22)23/h2-6H,7H2,1H3,(H,19,20)(H,22,23). The normalized spacial score (nSPS) is 18.9. The maximum absolute atomic E-state index is 14.4. The molecular formula is C15H12FN5O4. The van der Waals surface area contributed by atoms with Crippen molar-refractivity contribution in [3.05, 3.63) is 63.5 Å². The maximum Gasteiger partial charge on any atom is 0.410 e. The number of nitro groups is 1. The third-order valence-electron chi connectivity index (χ3n) is 3.83. The number of hydrogen-bond acceptors (Lipinski definition) is 6. The minimum absolute atomic E-state index is 0.0253. The van der Waals surface area contributed by atoms with E-state index in [9.17, 15) is 19.3 Å². The molecule has 2 aromatic rings. The number of halogens is 1. The molecule has 1 aromatic heterocycles. The highest BCUT2D eigenvalue weighted by atomic mass is 19.1. The van der Waals surface area contributed by atoms with Crippen LogP contribution < -0.4 is 5.32 Å².